The van der Waals surface area contributed by atoms with Gasteiger partial charge in [0, 0.05) is 5.02 Å². The highest BCUT2D eigenvalue weighted by atomic mass is 35.5. The van der Waals surface area contributed by atoms with E-state index in [4.69, 9.17) is 22.2 Å². The largest absolute Gasteiger partial charge is 0.492 e. The molecule has 102 valence electrons. The molecule has 0 aliphatic carbocycles. The van der Waals surface area contributed by atoms with Crippen LogP contribution in [0.4, 0.5) is 0 Å². The second-order valence-electron chi connectivity index (χ2n) is 4.76. The van der Waals surface area contributed by atoms with Gasteiger partial charge < -0.3 is 4.74 Å². The number of halogens is 1. The van der Waals surface area contributed by atoms with Crippen molar-refractivity contribution in [2.24, 2.45) is 11.8 Å². The van der Waals surface area contributed by atoms with E-state index in [1.165, 1.54) is 12.8 Å². The third-order valence-electron chi connectivity index (χ3n) is 2.97. The average molecular weight is 271 g/mol. The van der Waals surface area contributed by atoms with Crippen molar-refractivity contribution in [1.29, 1.82) is 0 Å². The highest BCUT2D eigenvalue weighted by molar-refractivity contribution is 6.30. The van der Waals surface area contributed by atoms with E-state index in [0.29, 0.717) is 17.5 Å². The summed E-state index contributed by atoms with van der Waals surface area (Å²) in [6.45, 7) is 5.02. The molecule has 3 nitrogen and oxygen atoms in total. The summed E-state index contributed by atoms with van der Waals surface area (Å²) in [6.07, 6.45) is 3.45. The lowest BCUT2D eigenvalue weighted by molar-refractivity contribution is 0.239. The van der Waals surface area contributed by atoms with Crippen molar-refractivity contribution in [2.45, 2.75) is 39.2 Å². The van der Waals surface area contributed by atoms with Crippen molar-refractivity contribution in [3.05, 3.63) is 29.3 Å². The second-order valence-corrected chi connectivity index (χ2v) is 5.19. The molecule has 3 N–H and O–H groups in total. The Hall–Kier alpha value is -0.770. The molecule has 0 saturated heterocycles. The van der Waals surface area contributed by atoms with Crippen molar-refractivity contribution in [3.63, 3.8) is 0 Å². The molecule has 0 amide bonds. The lowest BCUT2D eigenvalue weighted by Crippen LogP contribution is -2.40. The molecule has 2 unspecified atom stereocenters. The van der Waals surface area contributed by atoms with Crippen molar-refractivity contribution in [3.8, 4) is 5.75 Å². The molecule has 2 atom stereocenters. The Balaban J connectivity index is 2.37. The van der Waals surface area contributed by atoms with Crippen LogP contribution < -0.4 is 16.0 Å². The molecule has 0 aliphatic heterocycles. The maximum Gasteiger partial charge on any atom is 0.119 e. The fourth-order valence-electron chi connectivity index (χ4n) is 2.01. The minimum absolute atomic E-state index is 0.183. The van der Waals surface area contributed by atoms with Crippen LogP contribution in [0.25, 0.3) is 0 Å². The predicted molar refractivity (Wildman–Crippen MR) is 76.7 cm³/mol. The van der Waals surface area contributed by atoms with Crippen molar-refractivity contribution < 1.29 is 4.74 Å². The van der Waals surface area contributed by atoms with Crippen LogP contribution in [0.15, 0.2) is 24.3 Å². The Morgan fingerprint density at radius 1 is 1.33 bits per heavy atom. The third-order valence-corrected chi connectivity index (χ3v) is 3.22. The van der Waals surface area contributed by atoms with Crippen LogP contribution in [0.3, 0.4) is 0 Å². The molecule has 0 radical (unpaired) electrons. The van der Waals surface area contributed by atoms with Gasteiger partial charge in [0.1, 0.15) is 12.4 Å². The predicted octanol–water partition coefficient (Wildman–Crippen LogP) is 3.38. The van der Waals surface area contributed by atoms with E-state index in [1.807, 2.05) is 24.3 Å². The topological polar surface area (TPSA) is 47.3 Å². The monoisotopic (exact) mass is 270 g/mol. The molecular formula is C14H23ClN2O. The Morgan fingerprint density at radius 3 is 2.56 bits per heavy atom. The number of hydrogen-bond donors (Lipinski definition) is 2. The molecule has 0 aliphatic rings. The zero-order valence-corrected chi connectivity index (χ0v) is 11.9. The SMILES string of the molecule is CCCC(C)CC(COc1ccc(Cl)cc1)NN. The van der Waals surface area contributed by atoms with Gasteiger partial charge in [-0.25, -0.2) is 0 Å². The first-order chi connectivity index (χ1) is 8.65. The summed E-state index contributed by atoms with van der Waals surface area (Å²) in [7, 11) is 0. The van der Waals surface area contributed by atoms with Crippen LogP contribution in [-0.2, 0) is 0 Å². The Kier molecular flexibility index (Phi) is 7.09. The molecule has 1 rings (SSSR count). The minimum atomic E-state index is 0.183. The minimum Gasteiger partial charge on any atom is -0.492 e. The number of rotatable bonds is 8. The van der Waals surface area contributed by atoms with E-state index in [0.717, 1.165) is 12.2 Å². The molecule has 0 bridgehead atoms. The number of nitrogens with two attached hydrogens (primary N) is 1. The number of nitrogens with one attached hydrogen (secondary N) is 1. The Bertz CT molecular complexity index is 329. The molecule has 0 spiro atoms. The summed E-state index contributed by atoms with van der Waals surface area (Å²) < 4.78 is 5.69. The molecule has 0 fully saturated rings. The number of hydrogen-bond acceptors (Lipinski definition) is 3. The molecule has 0 saturated carbocycles. The van der Waals surface area contributed by atoms with Gasteiger partial charge in [-0.2, -0.15) is 0 Å². The second kappa shape index (κ2) is 8.35. The third kappa shape index (κ3) is 5.71. The van der Waals surface area contributed by atoms with E-state index in [2.05, 4.69) is 19.3 Å². The fraction of sp³-hybridized carbons (Fsp3) is 0.571. The first kappa shape index (κ1) is 15.3. The summed E-state index contributed by atoms with van der Waals surface area (Å²) in [5.74, 6) is 7.03. The summed E-state index contributed by atoms with van der Waals surface area (Å²) in [5.41, 5.74) is 2.82. The van der Waals surface area contributed by atoms with Gasteiger partial charge in [-0.3, -0.25) is 11.3 Å². The van der Waals surface area contributed by atoms with Crippen LogP contribution >= 0.6 is 11.6 Å². The molecule has 4 heteroatoms. The van der Waals surface area contributed by atoms with Gasteiger partial charge in [0.2, 0.25) is 0 Å². The normalized spacial score (nSPS) is 14.2. The highest BCUT2D eigenvalue weighted by Crippen LogP contribution is 2.17. The van der Waals surface area contributed by atoms with Gasteiger partial charge in [0.25, 0.3) is 0 Å². The van der Waals surface area contributed by atoms with Crippen molar-refractivity contribution >= 4 is 11.6 Å². The number of benzene rings is 1. The van der Waals surface area contributed by atoms with Crippen LogP contribution in [0.5, 0.6) is 5.75 Å². The summed E-state index contributed by atoms with van der Waals surface area (Å²) in [6, 6.07) is 7.56. The smallest absolute Gasteiger partial charge is 0.119 e. The molecule has 18 heavy (non-hydrogen) atoms. The highest BCUT2D eigenvalue weighted by Gasteiger charge is 2.12. The van der Waals surface area contributed by atoms with E-state index in [1.54, 1.807) is 0 Å². The van der Waals surface area contributed by atoms with Gasteiger partial charge in [-0.05, 0) is 36.6 Å². The van der Waals surface area contributed by atoms with Gasteiger partial charge in [0.15, 0.2) is 0 Å². The van der Waals surface area contributed by atoms with Gasteiger partial charge in [-0.15, -0.1) is 0 Å². The van der Waals surface area contributed by atoms with E-state index in [-0.39, 0.29) is 6.04 Å². The van der Waals surface area contributed by atoms with Crippen molar-refractivity contribution in [1.82, 2.24) is 5.43 Å². The van der Waals surface area contributed by atoms with Crippen LogP contribution in [-0.4, -0.2) is 12.6 Å². The van der Waals surface area contributed by atoms with Gasteiger partial charge in [0.05, 0.1) is 6.04 Å². The molecule has 0 heterocycles. The van der Waals surface area contributed by atoms with E-state index < -0.39 is 0 Å². The summed E-state index contributed by atoms with van der Waals surface area (Å²) in [4.78, 5) is 0. The summed E-state index contributed by atoms with van der Waals surface area (Å²) >= 11 is 5.82. The standard InChI is InChI=1S/C14H23ClN2O/c1-3-4-11(2)9-13(17-16)10-18-14-7-5-12(15)6-8-14/h5-8,11,13,17H,3-4,9-10,16H2,1-2H3. The molecular weight excluding hydrogens is 248 g/mol. The van der Waals surface area contributed by atoms with E-state index in [9.17, 15) is 0 Å². The van der Waals surface area contributed by atoms with Gasteiger partial charge in [-0.1, -0.05) is 38.3 Å². The Labute approximate surface area is 115 Å². The zero-order chi connectivity index (χ0) is 13.4. The maximum atomic E-state index is 5.82. The molecule has 1 aromatic carbocycles. The molecule has 1 aromatic rings. The first-order valence-electron chi connectivity index (χ1n) is 6.50. The van der Waals surface area contributed by atoms with Crippen LogP contribution in [0, 0.1) is 5.92 Å². The quantitative estimate of drug-likeness (QED) is 0.562. The Morgan fingerprint density at radius 2 is 2.00 bits per heavy atom. The van der Waals surface area contributed by atoms with Gasteiger partial charge >= 0.3 is 0 Å². The first-order valence-corrected chi connectivity index (χ1v) is 6.88. The lowest BCUT2D eigenvalue weighted by Gasteiger charge is -2.20. The molecule has 0 aromatic heterocycles. The van der Waals surface area contributed by atoms with Crippen molar-refractivity contribution in [2.75, 3.05) is 6.61 Å². The number of ether oxygens (including phenoxy) is 1. The lowest BCUT2D eigenvalue weighted by atomic mass is 9.98. The summed E-state index contributed by atoms with van der Waals surface area (Å²) in [5, 5.41) is 0.715. The fourth-order valence-corrected chi connectivity index (χ4v) is 2.13. The average Bonchev–Trinajstić information content (AvgIpc) is 2.36. The van der Waals surface area contributed by atoms with Crippen LogP contribution in [0.1, 0.15) is 33.1 Å². The zero-order valence-electron chi connectivity index (χ0n) is 11.2. The van der Waals surface area contributed by atoms with Crippen LogP contribution in [0.2, 0.25) is 5.02 Å². The van der Waals surface area contributed by atoms with E-state index >= 15 is 0 Å². The maximum absolute atomic E-state index is 5.82. The number of hydrazine groups is 1.